The fourth-order valence-electron chi connectivity index (χ4n) is 2.25. The minimum atomic E-state index is -0.440. The summed E-state index contributed by atoms with van der Waals surface area (Å²) in [5.41, 5.74) is 1.41. The van der Waals surface area contributed by atoms with E-state index in [4.69, 9.17) is 0 Å². The first-order valence-corrected chi connectivity index (χ1v) is 7.50. The van der Waals surface area contributed by atoms with Gasteiger partial charge in [-0.15, -0.1) is 11.3 Å². The van der Waals surface area contributed by atoms with Crippen LogP contribution in [-0.4, -0.2) is 5.91 Å². The van der Waals surface area contributed by atoms with Crippen molar-refractivity contribution in [2.75, 3.05) is 5.32 Å². The lowest BCUT2D eigenvalue weighted by Crippen LogP contribution is -2.27. The smallest absolute Gasteiger partial charge is 0.230 e. The van der Waals surface area contributed by atoms with Crippen LogP contribution in [-0.2, 0) is 17.6 Å². The highest BCUT2D eigenvalue weighted by Gasteiger charge is 2.27. The number of carbonyl (C=O) groups excluding carboxylic acids is 1. The Hall–Kier alpha value is -1.34. The summed E-state index contributed by atoms with van der Waals surface area (Å²) in [4.78, 5) is 13.3. The van der Waals surface area contributed by atoms with Crippen LogP contribution in [0.5, 0.6) is 0 Å². The van der Waals surface area contributed by atoms with E-state index in [1.54, 1.807) is 11.3 Å². The number of hydrogen-bond donors (Lipinski definition) is 1. The summed E-state index contributed by atoms with van der Waals surface area (Å²) in [5, 5.41) is 13.0. The Balaban J connectivity index is 2.33. The molecule has 102 valence electrons. The molecule has 3 nitrogen and oxygen atoms in total. The van der Waals surface area contributed by atoms with Crippen LogP contribution in [0.15, 0.2) is 0 Å². The van der Waals surface area contributed by atoms with Crippen molar-refractivity contribution in [2.45, 2.75) is 47.0 Å². The number of anilines is 1. The molecule has 0 aliphatic heterocycles. The van der Waals surface area contributed by atoms with Crippen molar-refractivity contribution in [2.24, 2.45) is 11.3 Å². The summed E-state index contributed by atoms with van der Waals surface area (Å²) in [7, 11) is 0. The summed E-state index contributed by atoms with van der Waals surface area (Å²) < 4.78 is 0. The maximum absolute atomic E-state index is 12.1. The quantitative estimate of drug-likeness (QED) is 0.849. The molecule has 0 unspecified atom stereocenters. The first-order chi connectivity index (χ1) is 8.82. The molecule has 0 aromatic carbocycles. The third kappa shape index (κ3) is 2.82. The predicted octanol–water partition coefficient (Wildman–Crippen LogP) is 3.73. The van der Waals surface area contributed by atoms with Gasteiger partial charge in [0.2, 0.25) is 5.91 Å². The number of fused-ring (bicyclic) bond motifs is 1. The third-order valence-corrected chi connectivity index (χ3v) is 4.70. The van der Waals surface area contributed by atoms with Gasteiger partial charge < -0.3 is 5.32 Å². The number of thiophene rings is 1. The fourth-order valence-corrected chi connectivity index (χ4v) is 3.60. The molecule has 1 amide bonds. The van der Waals surface area contributed by atoms with E-state index in [-0.39, 0.29) is 5.91 Å². The second-order valence-electron chi connectivity index (χ2n) is 6.37. The van der Waals surface area contributed by atoms with Gasteiger partial charge in [0, 0.05) is 10.3 Å². The summed E-state index contributed by atoms with van der Waals surface area (Å²) >= 11 is 1.58. The summed E-state index contributed by atoms with van der Waals surface area (Å²) in [6, 6.07) is 2.27. The number of carbonyl (C=O) groups is 1. The lowest BCUT2D eigenvalue weighted by Gasteiger charge is -2.17. The zero-order valence-electron chi connectivity index (χ0n) is 12.0. The summed E-state index contributed by atoms with van der Waals surface area (Å²) in [6.07, 6.45) is 3.12. The third-order valence-electron chi connectivity index (χ3n) is 3.53. The average Bonchev–Trinajstić information content (AvgIpc) is 2.63. The van der Waals surface area contributed by atoms with Gasteiger partial charge in [-0.25, -0.2) is 0 Å². The molecule has 1 aliphatic carbocycles. The molecule has 1 aliphatic rings. The normalized spacial score (nSPS) is 18.6. The highest BCUT2D eigenvalue weighted by Crippen LogP contribution is 2.39. The highest BCUT2D eigenvalue weighted by atomic mass is 32.1. The molecule has 2 rings (SSSR count). The van der Waals surface area contributed by atoms with E-state index < -0.39 is 5.41 Å². The molecule has 0 fully saturated rings. The molecule has 0 radical (unpaired) electrons. The van der Waals surface area contributed by atoms with Gasteiger partial charge in [-0.1, -0.05) is 27.7 Å². The Bertz CT molecular complexity index is 546. The van der Waals surface area contributed by atoms with Crippen molar-refractivity contribution in [3.8, 4) is 6.07 Å². The monoisotopic (exact) mass is 276 g/mol. The van der Waals surface area contributed by atoms with Gasteiger partial charge in [0.15, 0.2) is 0 Å². The van der Waals surface area contributed by atoms with Crippen LogP contribution in [0.4, 0.5) is 5.00 Å². The average molecular weight is 276 g/mol. The van der Waals surface area contributed by atoms with Crippen LogP contribution in [0.2, 0.25) is 0 Å². The van der Waals surface area contributed by atoms with E-state index in [0.717, 1.165) is 29.8 Å². The molecule has 1 atom stereocenters. The van der Waals surface area contributed by atoms with Crippen LogP contribution in [0.3, 0.4) is 0 Å². The van der Waals surface area contributed by atoms with E-state index in [9.17, 15) is 10.1 Å². The second-order valence-corrected chi connectivity index (χ2v) is 7.48. The predicted molar refractivity (Wildman–Crippen MR) is 78.3 cm³/mol. The van der Waals surface area contributed by atoms with Crippen molar-refractivity contribution in [1.82, 2.24) is 0 Å². The number of nitrogens with one attached hydrogen (secondary N) is 1. The SMILES string of the molecule is C[C@@H]1CCc2c(sc(NC(=O)C(C)(C)C)c2C#N)C1. The van der Waals surface area contributed by atoms with Gasteiger partial charge in [0.05, 0.1) is 5.56 Å². The Morgan fingerprint density at radius 2 is 2.16 bits per heavy atom. The largest absolute Gasteiger partial charge is 0.316 e. The molecule has 1 N–H and O–H groups in total. The first kappa shape index (κ1) is 14.1. The van der Waals surface area contributed by atoms with Crippen LogP contribution in [0, 0.1) is 22.7 Å². The Kier molecular flexibility index (Phi) is 3.69. The molecule has 0 saturated carbocycles. The Morgan fingerprint density at radius 3 is 2.74 bits per heavy atom. The second kappa shape index (κ2) is 4.97. The molecule has 1 aromatic heterocycles. The molecular weight excluding hydrogens is 256 g/mol. The molecule has 4 heteroatoms. The minimum absolute atomic E-state index is 0.0318. The maximum Gasteiger partial charge on any atom is 0.230 e. The number of rotatable bonds is 1. The molecule has 0 saturated heterocycles. The molecule has 19 heavy (non-hydrogen) atoms. The number of nitriles is 1. The van der Waals surface area contributed by atoms with Crippen molar-refractivity contribution < 1.29 is 4.79 Å². The van der Waals surface area contributed by atoms with Gasteiger partial charge in [-0.3, -0.25) is 4.79 Å². The topological polar surface area (TPSA) is 52.9 Å². The van der Waals surface area contributed by atoms with Crippen LogP contribution in [0.1, 0.15) is 50.1 Å². The van der Waals surface area contributed by atoms with E-state index in [0.29, 0.717) is 11.5 Å². The van der Waals surface area contributed by atoms with Gasteiger partial charge in [-0.2, -0.15) is 5.26 Å². The molecular formula is C15H20N2OS. The summed E-state index contributed by atoms with van der Waals surface area (Å²) in [5.74, 6) is 0.638. The standard InChI is InChI=1S/C15H20N2OS/c1-9-5-6-10-11(8-16)13(19-12(10)7-9)17-14(18)15(2,3)4/h9H,5-7H2,1-4H3,(H,17,18)/t9-/m1/s1. The lowest BCUT2D eigenvalue weighted by atomic mass is 9.88. The van der Waals surface area contributed by atoms with Crippen LogP contribution >= 0.6 is 11.3 Å². The van der Waals surface area contributed by atoms with Crippen LogP contribution < -0.4 is 5.32 Å². The highest BCUT2D eigenvalue weighted by molar-refractivity contribution is 7.16. The van der Waals surface area contributed by atoms with E-state index >= 15 is 0 Å². The van der Waals surface area contributed by atoms with Crippen molar-refractivity contribution >= 4 is 22.2 Å². The lowest BCUT2D eigenvalue weighted by molar-refractivity contribution is -0.123. The van der Waals surface area contributed by atoms with E-state index in [2.05, 4.69) is 18.3 Å². The Labute approximate surface area is 118 Å². The molecule has 0 bridgehead atoms. The molecule has 1 aromatic rings. The van der Waals surface area contributed by atoms with Gasteiger partial charge in [-0.05, 0) is 30.7 Å². The maximum atomic E-state index is 12.1. The van der Waals surface area contributed by atoms with Crippen LogP contribution in [0.25, 0.3) is 0 Å². The number of nitrogens with zero attached hydrogens (tertiary/aromatic N) is 1. The summed E-state index contributed by atoms with van der Waals surface area (Å²) in [6.45, 7) is 7.88. The van der Waals surface area contributed by atoms with Crippen molar-refractivity contribution in [1.29, 1.82) is 5.26 Å². The van der Waals surface area contributed by atoms with E-state index in [1.807, 2.05) is 20.8 Å². The zero-order chi connectivity index (χ0) is 14.2. The minimum Gasteiger partial charge on any atom is -0.316 e. The Morgan fingerprint density at radius 1 is 1.47 bits per heavy atom. The molecule has 1 heterocycles. The number of amides is 1. The first-order valence-electron chi connectivity index (χ1n) is 6.69. The van der Waals surface area contributed by atoms with Gasteiger partial charge in [0.25, 0.3) is 0 Å². The zero-order valence-corrected chi connectivity index (χ0v) is 12.8. The number of hydrogen-bond acceptors (Lipinski definition) is 3. The van der Waals surface area contributed by atoms with Gasteiger partial charge in [0.1, 0.15) is 11.1 Å². The van der Waals surface area contributed by atoms with Gasteiger partial charge >= 0.3 is 0 Å². The fraction of sp³-hybridized carbons (Fsp3) is 0.600. The van der Waals surface area contributed by atoms with E-state index in [1.165, 1.54) is 4.88 Å². The van der Waals surface area contributed by atoms with Crippen molar-refractivity contribution in [3.05, 3.63) is 16.0 Å². The van der Waals surface area contributed by atoms with Crippen molar-refractivity contribution in [3.63, 3.8) is 0 Å². The molecule has 0 spiro atoms.